The van der Waals surface area contributed by atoms with Gasteiger partial charge in [-0.3, -0.25) is 4.79 Å². The molecule has 0 radical (unpaired) electrons. The second kappa shape index (κ2) is 4.75. The van der Waals surface area contributed by atoms with Gasteiger partial charge in [-0.2, -0.15) is 0 Å². The molecular formula is C13H10O5. The number of rotatable bonds is 4. The van der Waals surface area contributed by atoms with Crippen molar-refractivity contribution in [3.05, 3.63) is 41.9 Å². The number of carboxylic acids is 1. The van der Waals surface area contributed by atoms with Gasteiger partial charge in [0.1, 0.15) is 5.75 Å². The molecule has 2 aromatic rings. The van der Waals surface area contributed by atoms with E-state index in [9.17, 15) is 14.7 Å². The minimum atomic E-state index is -1.10. The fraction of sp³-hybridized carbons (Fsp3) is 0.0769. The molecule has 5 heteroatoms. The van der Waals surface area contributed by atoms with Crippen molar-refractivity contribution in [2.45, 2.75) is 0 Å². The Morgan fingerprint density at radius 1 is 1.33 bits per heavy atom. The molecule has 0 fully saturated rings. The first-order valence-electron chi connectivity index (χ1n) is 5.11. The minimum absolute atomic E-state index is 0.0545. The van der Waals surface area contributed by atoms with Crippen LogP contribution < -0.4 is 4.74 Å². The molecule has 0 amide bonds. The first kappa shape index (κ1) is 11.9. The summed E-state index contributed by atoms with van der Waals surface area (Å²) in [6, 6.07) is 6.17. The Morgan fingerprint density at radius 2 is 2.11 bits per heavy atom. The molecule has 0 unspecified atom stereocenters. The number of benzene rings is 1. The fourth-order valence-electron chi connectivity index (χ4n) is 1.70. The lowest BCUT2D eigenvalue weighted by Gasteiger charge is -2.07. The minimum Gasteiger partial charge on any atom is -0.497 e. The number of hydrogen-bond donors (Lipinski definition) is 1. The third-order valence-corrected chi connectivity index (χ3v) is 2.55. The first-order valence-corrected chi connectivity index (χ1v) is 5.11. The summed E-state index contributed by atoms with van der Waals surface area (Å²) in [5.41, 5.74) is 0.919. The first-order chi connectivity index (χ1) is 8.67. The van der Waals surface area contributed by atoms with Crippen molar-refractivity contribution < 1.29 is 23.8 Å². The van der Waals surface area contributed by atoms with Crippen LogP contribution in [0.1, 0.15) is 20.9 Å². The number of carbonyl (C=O) groups is 2. The van der Waals surface area contributed by atoms with Crippen LogP contribution in [0.3, 0.4) is 0 Å². The van der Waals surface area contributed by atoms with Crippen LogP contribution in [0.25, 0.3) is 11.1 Å². The van der Waals surface area contributed by atoms with E-state index < -0.39 is 5.97 Å². The number of furan rings is 1. The second-order valence-corrected chi connectivity index (χ2v) is 3.53. The summed E-state index contributed by atoms with van der Waals surface area (Å²) >= 11 is 0. The van der Waals surface area contributed by atoms with E-state index >= 15 is 0 Å². The summed E-state index contributed by atoms with van der Waals surface area (Å²) < 4.78 is 9.94. The van der Waals surface area contributed by atoms with Crippen LogP contribution in [0, 0.1) is 0 Å². The monoisotopic (exact) mass is 246 g/mol. The van der Waals surface area contributed by atoms with Gasteiger partial charge in [0, 0.05) is 11.1 Å². The molecule has 1 aromatic heterocycles. The number of carboxylic acid groups (broad SMARTS) is 1. The van der Waals surface area contributed by atoms with Crippen molar-refractivity contribution in [3.63, 3.8) is 0 Å². The van der Waals surface area contributed by atoms with Gasteiger partial charge in [-0.15, -0.1) is 0 Å². The van der Waals surface area contributed by atoms with Crippen LogP contribution in [0.2, 0.25) is 0 Å². The largest absolute Gasteiger partial charge is 0.497 e. The van der Waals surface area contributed by atoms with Gasteiger partial charge >= 0.3 is 5.97 Å². The van der Waals surface area contributed by atoms with Crippen molar-refractivity contribution in [1.29, 1.82) is 0 Å². The summed E-state index contributed by atoms with van der Waals surface area (Å²) in [6.45, 7) is 0. The van der Waals surface area contributed by atoms with Gasteiger partial charge in [0.25, 0.3) is 0 Å². The van der Waals surface area contributed by atoms with Crippen LogP contribution in [-0.4, -0.2) is 24.5 Å². The van der Waals surface area contributed by atoms with Crippen LogP contribution >= 0.6 is 0 Å². The molecule has 0 aliphatic heterocycles. The number of ether oxygens (including phenoxy) is 1. The summed E-state index contributed by atoms with van der Waals surface area (Å²) in [5.74, 6) is -0.558. The van der Waals surface area contributed by atoms with E-state index in [2.05, 4.69) is 0 Å². The summed E-state index contributed by atoms with van der Waals surface area (Å²) in [6.07, 6.45) is 1.89. The van der Waals surface area contributed by atoms with Gasteiger partial charge in [0.2, 0.25) is 0 Å². The van der Waals surface area contributed by atoms with Crippen LogP contribution in [0.15, 0.2) is 34.9 Å². The standard InChI is InChI=1S/C13H10O5/c1-17-8-2-3-9(11(6-8)13(15)16)10-4-5-18-12(10)7-14/h2-7H,1H3,(H,15,16). The molecule has 5 nitrogen and oxygen atoms in total. The zero-order valence-corrected chi connectivity index (χ0v) is 9.54. The van der Waals surface area contributed by atoms with Crippen LogP contribution in [-0.2, 0) is 0 Å². The molecule has 2 rings (SSSR count). The van der Waals surface area contributed by atoms with E-state index in [1.807, 2.05) is 0 Å². The maximum Gasteiger partial charge on any atom is 0.336 e. The Kier molecular flexibility index (Phi) is 3.14. The molecule has 92 valence electrons. The Bertz CT molecular complexity index is 597. The van der Waals surface area contributed by atoms with Crippen molar-refractivity contribution in [3.8, 4) is 16.9 Å². The predicted molar refractivity (Wildman–Crippen MR) is 63.0 cm³/mol. The van der Waals surface area contributed by atoms with Gasteiger partial charge < -0.3 is 14.3 Å². The van der Waals surface area contributed by atoms with Gasteiger partial charge in [0.15, 0.2) is 12.0 Å². The van der Waals surface area contributed by atoms with Gasteiger partial charge in [-0.05, 0) is 24.3 Å². The number of hydrogen-bond acceptors (Lipinski definition) is 4. The van der Waals surface area contributed by atoms with E-state index in [-0.39, 0.29) is 11.3 Å². The number of carbonyl (C=O) groups excluding carboxylic acids is 1. The van der Waals surface area contributed by atoms with Crippen molar-refractivity contribution in [2.75, 3.05) is 7.11 Å². The van der Waals surface area contributed by atoms with Crippen LogP contribution in [0.4, 0.5) is 0 Å². The summed E-state index contributed by atoms with van der Waals surface area (Å²) in [5, 5.41) is 9.17. The molecule has 0 aliphatic carbocycles. The second-order valence-electron chi connectivity index (χ2n) is 3.53. The summed E-state index contributed by atoms with van der Waals surface area (Å²) in [4.78, 5) is 22.0. The Hall–Kier alpha value is -2.56. The number of methoxy groups -OCH3 is 1. The smallest absolute Gasteiger partial charge is 0.336 e. The van der Waals surface area contributed by atoms with Crippen molar-refractivity contribution in [2.24, 2.45) is 0 Å². The van der Waals surface area contributed by atoms with E-state index in [1.165, 1.54) is 19.4 Å². The average Bonchev–Trinajstić information content (AvgIpc) is 2.86. The zero-order valence-electron chi connectivity index (χ0n) is 9.54. The number of aromatic carboxylic acids is 1. The number of aldehydes is 1. The molecule has 0 saturated carbocycles. The SMILES string of the molecule is COc1ccc(-c2ccoc2C=O)c(C(=O)O)c1. The summed E-state index contributed by atoms with van der Waals surface area (Å²) in [7, 11) is 1.45. The maximum atomic E-state index is 11.2. The van der Waals surface area contributed by atoms with Gasteiger partial charge in [0.05, 0.1) is 18.9 Å². The van der Waals surface area contributed by atoms with E-state index in [4.69, 9.17) is 9.15 Å². The molecule has 1 N–H and O–H groups in total. The Labute approximate surface area is 103 Å². The highest BCUT2D eigenvalue weighted by Gasteiger charge is 2.17. The van der Waals surface area contributed by atoms with E-state index in [1.54, 1.807) is 18.2 Å². The quantitative estimate of drug-likeness (QED) is 0.838. The molecular weight excluding hydrogens is 236 g/mol. The Balaban J connectivity index is 2.63. The molecule has 1 aromatic carbocycles. The molecule has 18 heavy (non-hydrogen) atoms. The third kappa shape index (κ3) is 1.98. The lowest BCUT2D eigenvalue weighted by molar-refractivity contribution is 0.0697. The highest BCUT2D eigenvalue weighted by molar-refractivity contribution is 5.98. The van der Waals surface area contributed by atoms with E-state index in [0.717, 1.165) is 0 Å². The predicted octanol–water partition coefficient (Wildman–Crippen LogP) is 2.47. The fourth-order valence-corrected chi connectivity index (χ4v) is 1.70. The highest BCUT2D eigenvalue weighted by atomic mass is 16.5. The maximum absolute atomic E-state index is 11.2. The molecule has 1 heterocycles. The van der Waals surface area contributed by atoms with Crippen molar-refractivity contribution >= 4 is 12.3 Å². The van der Waals surface area contributed by atoms with Gasteiger partial charge in [-0.1, -0.05) is 0 Å². The lowest BCUT2D eigenvalue weighted by atomic mass is 10.00. The van der Waals surface area contributed by atoms with Crippen LogP contribution in [0.5, 0.6) is 5.75 Å². The molecule has 0 bridgehead atoms. The highest BCUT2D eigenvalue weighted by Crippen LogP contribution is 2.30. The van der Waals surface area contributed by atoms with Gasteiger partial charge in [-0.25, -0.2) is 4.79 Å². The molecule has 0 aliphatic rings. The average molecular weight is 246 g/mol. The normalized spacial score (nSPS) is 10.1. The molecule has 0 saturated heterocycles. The lowest BCUT2D eigenvalue weighted by Crippen LogP contribution is -2.00. The Morgan fingerprint density at radius 3 is 2.72 bits per heavy atom. The zero-order chi connectivity index (χ0) is 13.1. The third-order valence-electron chi connectivity index (χ3n) is 2.55. The van der Waals surface area contributed by atoms with E-state index in [0.29, 0.717) is 23.2 Å². The van der Waals surface area contributed by atoms with Crippen molar-refractivity contribution in [1.82, 2.24) is 0 Å². The molecule has 0 spiro atoms. The topological polar surface area (TPSA) is 76.7 Å². The molecule has 0 atom stereocenters.